The molecule has 0 unspecified atom stereocenters. The van der Waals surface area contributed by atoms with E-state index >= 15 is 0 Å². The average molecular weight is 388 g/mol. The highest BCUT2D eigenvalue weighted by Crippen LogP contribution is 2.30. The van der Waals surface area contributed by atoms with Gasteiger partial charge in [-0.2, -0.15) is 0 Å². The molecule has 3 rings (SSSR count). The molecule has 0 aliphatic rings. The topological polar surface area (TPSA) is 103 Å². The normalized spacial score (nSPS) is 10.9. The standard InChI is InChI=1S/C23H24N4O2/c1-16-15-18(23(25)29)6-10-21(16)27-20(3-2-14-28)9-11-22(27)17-4-7-19(8-5-17)26-13-12-24/h4-15,26H,2-3,24H2,1H3,(H2,25,29)/b13-12-. The van der Waals surface area contributed by atoms with Crippen molar-refractivity contribution in [1.29, 1.82) is 0 Å². The number of aldehydes is 1. The van der Waals surface area contributed by atoms with Crippen molar-refractivity contribution in [3.8, 4) is 16.9 Å². The number of rotatable bonds is 8. The summed E-state index contributed by atoms with van der Waals surface area (Å²) in [6, 6.07) is 17.5. The van der Waals surface area contributed by atoms with Gasteiger partial charge >= 0.3 is 0 Å². The molecule has 0 spiro atoms. The maximum atomic E-state index is 11.5. The number of nitrogens with two attached hydrogens (primary N) is 2. The minimum atomic E-state index is -0.455. The number of aromatic nitrogens is 1. The molecule has 2 aromatic carbocycles. The molecule has 0 radical (unpaired) electrons. The van der Waals surface area contributed by atoms with Gasteiger partial charge in [0.2, 0.25) is 5.91 Å². The van der Waals surface area contributed by atoms with Crippen LogP contribution in [0.15, 0.2) is 67.0 Å². The fourth-order valence-corrected chi connectivity index (χ4v) is 3.33. The largest absolute Gasteiger partial charge is 0.403 e. The fourth-order valence-electron chi connectivity index (χ4n) is 3.33. The molecule has 0 fully saturated rings. The second-order valence-corrected chi connectivity index (χ2v) is 6.70. The van der Waals surface area contributed by atoms with E-state index < -0.39 is 5.91 Å². The number of carbonyl (C=O) groups is 2. The third-order valence-corrected chi connectivity index (χ3v) is 4.73. The zero-order valence-electron chi connectivity index (χ0n) is 16.3. The predicted octanol–water partition coefficient (Wildman–Crippen LogP) is 3.52. The Bertz CT molecular complexity index is 1050. The van der Waals surface area contributed by atoms with Gasteiger partial charge in [0, 0.05) is 41.5 Å². The van der Waals surface area contributed by atoms with Crippen molar-refractivity contribution >= 4 is 17.9 Å². The number of nitrogens with one attached hydrogen (secondary N) is 1. The minimum absolute atomic E-state index is 0.441. The number of nitrogens with zero attached hydrogens (tertiary/aromatic N) is 1. The van der Waals surface area contributed by atoms with E-state index in [2.05, 4.69) is 9.88 Å². The third kappa shape index (κ3) is 4.38. The van der Waals surface area contributed by atoms with Crippen molar-refractivity contribution < 1.29 is 9.59 Å². The molecular formula is C23H24N4O2. The highest BCUT2D eigenvalue weighted by molar-refractivity contribution is 5.93. The van der Waals surface area contributed by atoms with Gasteiger partial charge < -0.3 is 26.1 Å². The van der Waals surface area contributed by atoms with Gasteiger partial charge in [0.1, 0.15) is 6.29 Å². The third-order valence-electron chi connectivity index (χ3n) is 4.73. The summed E-state index contributed by atoms with van der Waals surface area (Å²) in [5.74, 6) is -0.455. The van der Waals surface area contributed by atoms with Crippen molar-refractivity contribution in [2.45, 2.75) is 19.8 Å². The summed E-state index contributed by atoms with van der Waals surface area (Å²) < 4.78 is 2.13. The first-order valence-corrected chi connectivity index (χ1v) is 9.34. The summed E-state index contributed by atoms with van der Waals surface area (Å²) in [6.07, 6.45) is 5.10. The summed E-state index contributed by atoms with van der Waals surface area (Å²) in [5.41, 5.74) is 17.1. The van der Waals surface area contributed by atoms with Gasteiger partial charge in [-0.1, -0.05) is 12.1 Å². The molecule has 5 N–H and O–H groups in total. The van der Waals surface area contributed by atoms with Gasteiger partial charge in [-0.05, 0) is 66.9 Å². The Hall–Kier alpha value is -3.80. The van der Waals surface area contributed by atoms with Crippen LogP contribution in [-0.2, 0) is 11.2 Å². The Balaban J connectivity index is 2.08. The van der Waals surface area contributed by atoms with E-state index in [4.69, 9.17) is 11.5 Å². The van der Waals surface area contributed by atoms with Crippen LogP contribution in [0.2, 0.25) is 0 Å². The molecule has 148 valence electrons. The number of aryl methyl sites for hydroxylation is 2. The second-order valence-electron chi connectivity index (χ2n) is 6.70. The maximum Gasteiger partial charge on any atom is 0.248 e. The van der Waals surface area contributed by atoms with Crippen LogP contribution in [0, 0.1) is 6.92 Å². The van der Waals surface area contributed by atoms with Crippen LogP contribution in [0.25, 0.3) is 16.9 Å². The van der Waals surface area contributed by atoms with E-state index in [9.17, 15) is 9.59 Å². The molecule has 0 aliphatic heterocycles. The summed E-state index contributed by atoms with van der Waals surface area (Å²) in [5, 5.41) is 3.08. The van der Waals surface area contributed by atoms with Gasteiger partial charge in [0.15, 0.2) is 0 Å². The fraction of sp³-hybridized carbons (Fsp3) is 0.130. The van der Waals surface area contributed by atoms with E-state index in [1.807, 2.05) is 49.4 Å². The van der Waals surface area contributed by atoms with Crippen molar-refractivity contribution in [3.05, 3.63) is 83.8 Å². The summed E-state index contributed by atoms with van der Waals surface area (Å²) in [6.45, 7) is 1.95. The highest BCUT2D eigenvalue weighted by atomic mass is 16.1. The van der Waals surface area contributed by atoms with Crippen LogP contribution in [0.4, 0.5) is 5.69 Å². The van der Waals surface area contributed by atoms with Crippen LogP contribution >= 0.6 is 0 Å². The molecule has 0 atom stereocenters. The summed E-state index contributed by atoms with van der Waals surface area (Å²) in [7, 11) is 0. The number of hydrogen-bond donors (Lipinski definition) is 3. The van der Waals surface area contributed by atoms with Gasteiger partial charge in [-0.3, -0.25) is 4.79 Å². The number of primary amides is 1. The Morgan fingerprint density at radius 2 is 1.86 bits per heavy atom. The second kappa shape index (κ2) is 8.93. The van der Waals surface area contributed by atoms with Crippen LogP contribution in [0.1, 0.15) is 28.0 Å². The first kappa shape index (κ1) is 19.9. The zero-order valence-corrected chi connectivity index (χ0v) is 16.3. The lowest BCUT2D eigenvalue weighted by atomic mass is 10.1. The van der Waals surface area contributed by atoms with Gasteiger partial charge in [0.25, 0.3) is 0 Å². The highest BCUT2D eigenvalue weighted by Gasteiger charge is 2.15. The lowest BCUT2D eigenvalue weighted by Gasteiger charge is -2.17. The molecule has 3 aromatic rings. The van der Waals surface area contributed by atoms with Gasteiger partial charge in [-0.15, -0.1) is 0 Å². The number of carbonyl (C=O) groups excluding carboxylic acids is 2. The van der Waals surface area contributed by atoms with E-state index in [0.29, 0.717) is 18.4 Å². The Morgan fingerprint density at radius 1 is 1.10 bits per heavy atom. The van der Waals surface area contributed by atoms with Crippen molar-refractivity contribution in [1.82, 2.24) is 4.57 Å². The monoisotopic (exact) mass is 388 g/mol. The average Bonchev–Trinajstić information content (AvgIpc) is 3.14. The van der Waals surface area contributed by atoms with E-state index in [1.165, 1.54) is 6.20 Å². The molecule has 1 amide bonds. The van der Waals surface area contributed by atoms with Crippen molar-refractivity contribution in [3.63, 3.8) is 0 Å². The van der Waals surface area contributed by atoms with E-state index in [-0.39, 0.29) is 0 Å². The molecule has 0 saturated carbocycles. The number of anilines is 1. The molecule has 1 aromatic heterocycles. The smallest absolute Gasteiger partial charge is 0.248 e. The molecule has 29 heavy (non-hydrogen) atoms. The van der Waals surface area contributed by atoms with E-state index in [0.717, 1.165) is 40.2 Å². The maximum absolute atomic E-state index is 11.5. The number of hydrogen-bond acceptors (Lipinski definition) is 4. The zero-order chi connectivity index (χ0) is 20.8. The SMILES string of the molecule is Cc1cc(C(N)=O)ccc1-n1c(CCC=O)ccc1-c1ccc(N/C=C\N)cc1. The Labute approximate surface area is 169 Å². The van der Waals surface area contributed by atoms with E-state index in [1.54, 1.807) is 18.3 Å². The number of amides is 1. The lowest BCUT2D eigenvalue weighted by molar-refractivity contribution is -0.107. The first-order valence-electron chi connectivity index (χ1n) is 9.34. The molecule has 6 nitrogen and oxygen atoms in total. The summed E-state index contributed by atoms with van der Waals surface area (Å²) in [4.78, 5) is 22.4. The quantitative estimate of drug-likeness (QED) is 0.514. The Kier molecular flexibility index (Phi) is 6.14. The van der Waals surface area contributed by atoms with Crippen LogP contribution in [-0.4, -0.2) is 16.8 Å². The summed E-state index contributed by atoms with van der Waals surface area (Å²) >= 11 is 0. The molecule has 6 heteroatoms. The van der Waals surface area contributed by atoms with Crippen molar-refractivity contribution in [2.75, 3.05) is 5.32 Å². The van der Waals surface area contributed by atoms with Gasteiger partial charge in [0.05, 0.1) is 5.69 Å². The Morgan fingerprint density at radius 3 is 2.48 bits per heavy atom. The first-order chi connectivity index (χ1) is 14.0. The predicted molar refractivity (Wildman–Crippen MR) is 116 cm³/mol. The van der Waals surface area contributed by atoms with Crippen LogP contribution in [0.3, 0.4) is 0 Å². The molecule has 1 heterocycles. The lowest BCUT2D eigenvalue weighted by Crippen LogP contribution is -2.12. The van der Waals surface area contributed by atoms with Gasteiger partial charge in [-0.25, -0.2) is 0 Å². The van der Waals surface area contributed by atoms with Crippen LogP contribution < -0.4 is 16.8 Å². The molecular weight excluding hydrogens is 364 g/mol. The molecule has 0 saturated heterocycles. The molecule has 0 aliphatic carbocycles. The molecule has 0 bridgehead atoms. The minimum Gasteiger partial charge on any atom is -0.403 e. The van der Waals surface area contributed by atoms with Crippen LogP contribution in [0.5, 0.6) is 0 Å². The number of benzene rings is 2. The van der Waals surface area contributed by atoms with Crippen molar-refractivity contribution in [2.24, 2.45) is 11.5 Å².